The van der Waals surface area contributed by atoms with Gasteiger partial charge in [-0.25, -0.2) is 4.98 Å². The Balaban J connectivity index is 1.60. The molecule has 0 fully saturated rings. The van der Waals surface area contributed by atoms with Crippen molar-refractivity contribution in [2.45, 2.75) is 13.0 Å². The van der Waals surface area contributed by atoms with Crippen LogP contribution in [-0.4, -0.2) is 22.8 Å². The van der Waals surface area contributed by atoms with E-state index in [0.29, 0.717) is 18.5 Å². The zero-order valence-electron chi connectivity index (χ0n) is 13.1. The molecule has 0 unspecified atom stereocenters. The van der Waals surface area contributed by atoms with Crippen molar-refractivity contribution >= 4 is 28.6 Å². The summed E-state index contributed by atoms with van der Waals surface area (Å²) < 4.78 is 0. The lowest BCUT2D eigenvalue weighted by molar-refractivity contribution is -0.129. The molecule has 24 heavy (non-hydrogen) atoms. The number of benzene rings is 1. The van der Waals surface area contributed by atoms with Gasteiger partial charge in [0.1, 0.15) is 5.01 Å². The molecule has 0 saturated carbocycles. The van der Waals surface area contributed by atoms with E-state index in [4.69, 9.17) is 5.26 Å². The summed E-state index contributed by atoms with van der Waals surface area (Å²) in [5, 5.41) is 13.7. The number of nitrogens with zero attached hydrogens (tertiary/aromatic N) is 3. The van der Waals surface area contributed by atoms with Gasteiger partial charge in [-0.3, -0.25) is 4.79 Å². The van der Waals surface area contributed by atoms with E-state index in [2.05, 4.69) is 11.1 Å². The Hall–Kier alpha value is -2.49. The molecule has 2 heterocycles. The first-order valence-electron chi connectivity index (χ1n) is 7.37. The molecule has 6 heteroatoms. The summed E-state index contributed by atoms with van der Waals surface area (Å²) in [6, 6.07) is 13.4. The van der Waals surface area contributed by atoms with Gasteiger partial charge < -0.3 is 4.90 Å². The van der Waals surface area contributed by atoms with Crippen LogP contribution in [0.25, 0.3) is 9.88 Å². The molecule has 1 amide bonds. The Bertz CT molecular complexity index is 861. The number of thiophene rings is 1. The zero-order valence-corrected chi connectivity index (χ0v) is 14.7. The van der Waals surface area contributed by atoms with Crippen LogP contribution in [0, 0.1) is 11.3 Å². The first-order chi connectivity index (χ1) is 11.7. The molecule has 1 aromatic carbocycles. The lowest BCUT2D eigenvalue weighted by Gasteiger charge is -2.16. The smallest absolute Gasteiger partial charge is 0.228 e. The molecule has 0 aliphatic carbocycles. The number of likely N-dealkylation sites (N-methyl/N-ethyl adjacent to an activating group) is 1. The first-order valence-corrected chi connectivity index (χ1v) is 9.13. The summed E-state index contributed by atoms with van der Waals surface area (Å²) in [6.45, 7) is 0.520. The zero-order chi connectivity index (χ0) is 16.9. The summed E-state index contributed by atoms with van der Waals surface area (Å²) in [7, 11) is 1.78. The van der Waals surface area contributed by atoms with Crippen LogP contribution in [0.1, 0.15) is 16.8 Å². The predicted molar refractivity (Wildman–Crippen MR) is 96.8 cm³/mol. The number of carbonyl (C=O) groups excluding carboxylic acids is 1. The van der Waals surface area contributed by atoms with E-state index in [1.54, 1.807) is 46.8 Å². The van der Waals surface area contributed by atoms with Crippen LogP contribution in [-0.2, 0) is 17.8 Å². The van der Waals surface area contributed by atoms with Crippen molar-refractivity contribution in [1.29, 1.82) is 5.26 Å². The fourth-order valence-corrected chi connectivity index (χ4v) is 3.87. The van der Waals surface area contributed by atoms with Crippen LogP contribution >= 0.6 is 22.7 Å². The second-order valence-electron chi connectivity index (χ2n) is 5.36. The molecule has 4 nitrogen and oxygen atoms in total. The van der Waals surface area contributed by atoms with Gasteiger partial charge in [-0.2, -0.15) is 5.26 Å². The number of carbonyl (C=O) groups is 1. The molecule has 0 spiro atoms. The number of rotatable bonds is 5. The minimum atomic E-state index is 0.0300. The van der Waals surface area contributed by atoms with Gasteiger partial charge >= 0.3 is 0 Å². The number of aromatic nitrogens is 1. The number of nitriles is 1. The summed E-state index contributed by atoms with van der Waals surface area (Å²) in [5.41, 5.74) is 2.43. The van der Waals surface area contributed by atoms with Crippen molar-refractivity contribution in [3.63, 3.8) is 0 Å². The monoisotopic (exact) mass is 353 g/mol. The van der Waals surface area contributed by atoms with E-state index in [1.807, 2.05) is 35.0 Å². The highest BCUT2D eigenvalue weighted by Gasteiger charge is 2.13. The van der Waals surface area contributed by atoms with E-state index in [1.165, 1.54) is 0 Å². The number of hydrogen-bond acceptors (Lipinski definition) is 5. The van der Waals surface area contributed by atoms with Gasteiger partial charge in [0.15, 0.2) is 0 Å². The summed E-state index contributed by atoms with van der Waals surface area (Å²) in [4.78, 5) is 19.7. The molecular weight excluding hydrogens is 338 g/mol. The van der Waals surface area contributed by atoms with Crippen LogP contribution in [0.15, 0.2) is 47.2 Å². The van der Waals surface area contributed by atoms with Crippen LogP contribution < -0.4 is 0 Å². The van der Waals surface area contributed by atoms with Gasteiger partial charge in [0.05, 0.1) is 28.6 Å². The molecule has 0 N–H and O–H groups in total. The first kappa shape index (κ1) is 16.4. The largest absolute Gasteiger partial charge is 0.341 e. The van der Waals surface area contributed by atoms with Gasteiger partial charge in [0, 0.05) is 19.0 Å². The minimum absolute atomic E-state index is 0.0300. The van der Waals surface area contributed by atoms with Crippen LogP contribution in [0.5, 0.6) is 0 Å². The van der Waals surface area contributed by atoms with E-state index in [-0.39, 0.29) is 5.91 Å². The van der Waals surface area contributed by atoms with Gasteiger partial charge in [-0.05, 0) is 29.1 Å². The molecule has 2 aromatic heterocycles. The summed E-state index contributed by atoms with van der Waals surface area (Å²) in [6.07, 6.45) is 0.300. The molecule has 0 bridgehead atoms. The van der Waals surface area contributed by atoms with E-state index >= 15 is 0 Å². The lowest BCUT2D eigenvalue weighted by atomic mass is 10.1. The predicted octanol–water partition coefficient (Wildman–Crippen LogP) is 3.94. The average Bonchev–Trinajstić information content (AvgIpc) is 3.26. The van der Waals surface area contributed by atoms with Crippen molar-refractivity contribution in [2.24, 2.45) is 0 Å². The van der Waals surface area contributed by atoms with Crippen molar-refractivity contribution in [3.8, 4) is 16.0 Å². The Labute approximate surface area is 148 Å². The molecule has 0 aliphatic rings. The molecule has 3 aromatic rings. The second kappa shape index (κ2) is 7.39. The molecule has 0 aliphatic heterocycles. The topological polar surface area (TPSA) is 57.0 Å². The van der Waals surface area contributed by atoms with Crippen LogP contribution in [0.3, 0.4) is 0 Å². The van der Waals surface area contributed by atoms with Crippen LogP contribution in [0.2, 0.25) is 0 Å². The highest BCUT2D eigenvalue weighted by atomic mass is 32.1. The van der Waals surface area contributed by atoms with Crippen molar-refractivity contribution in [3.05, 3.63) is 64.0 Å². The highest BCUT2D eigenvalue weighted by Crippen LogP contribution is 2.28. The Morgan fingerprint density at radius 1 is 1.25 bits per heavy atom. The van der Waals surface area contributed by atoms with Gasteiger partial charge in [0.25, 0.3) is 0 Å². The molecular formula is C18H15N3OS2. The molecule has 0 atom stereocenters. The maximum absolute atomic E-state index is 12.4. The fraction of sp³-hybridized carbons (Fsp3) is 0.167. The molecule has 0 saturated heterocycles. The Morgan fingerprint density at radius 3 is 2.71 bits per heavy atom. The number of amides is 1. The molecule has 0 radical (unpaired) electrons. The number of thiazole rings is 1. The van der Waals surface area contributed by atoms with E-state index in [9.17, 15) is 4.79 Å². The third-order valence-corrected chi connectivity index (χ3v) is 5.47. The van der Waals surface area contributed by atoms with E-state index in [0.717, 1.165) is 21.1 Å². The van der Waals surface area contributed by atoms with E-state index < -0.39 is 0 Å². The third kappa shape index (κ3) is 3.88. The maximum atomic E-state index is 12.4. The highest BCUT2D eigenvalue weighted by molar-refractivity contribution is 7.20. The Morgan fingerprint density at radius 2 is 2.04 bits per heavy atom. The summed E-state index contributed by atoms with van der Waals surface area (Å²) in [5.74, 6) is 0.0300. The van der Waals surface area contributed by atoms with Gasteiger partial charge in [-0.1, -0.05) is 18.2 Å². The maximum Gasteiger partial charge on any atom is 0.228 e. The SMILES string of the molecule is CN(Cc1ccc(C#N)cc1)C(=O)Cc1csc(-c2cccs2)n1. The second-order valence-corrected chi connectivity index (χ2v) is 7.16. The number of hydrogen-bond donors (Lipinski definition) is 0. The van der Waals surface area contributed by atoms with Crippen molar-refractivity contribution < 1.29 is 4.79 Å². The third-order valence-electron chi connectivity index (χ3n) is 3.54. The Kier molecular flexibility index (Phi) is 5.04. The van der Waals surface area contributed by atoms with Gasteiger partial charge in [0.2, 0.25) is 5.91 Å². The summed E-state index contributed by atoms with van der Waals surface area (Å²) >= 11 is 3.22. The quantitative estimate of drug-likeness (QED) is 0.698. The van der Waals surface area contributed by atoms with Gasteiger partial charge in [-0.15, -0.1) is 22.7 Å². The van der Waals surface area contributed by atoms with Crippen molar-refractivity contribution in [1.82, 2.24) is 9.88 Å². The lowest BCUT2D eigenvalue weighted by Crippen LogP contribution is -2.27. The molecule has 3 rings (SSSR count). The van der Waals surface area contributed by atoms with Crippen molar-refractivity contribution in [2.75, 3.05) is 7.05 Å². The normalized spacial score (nSPS) is 10.3. The minimum Gasteiger partial charge on any atom is -0.341 e. The fourth-order valence-electron chi connectivity index (χ4n) is 2.24. The standard InChI is InChI=1S/C18H15N3OS2/c1-21(11-14-6-4-13(10-19)5-7-14)17(22)9-15-12-24-18(20-15)16-3-2-8-23-16/h2-8,12H,9,11H2,1H3. The molecule has 120 valence electrons. The van der Waals surface area contributed by atoms with Crippen LogP contribution in [0.4, 0.5) is 0 Å². The average molecular weight is 353 g/mol.